The second-order valence-corrected chi connectivity index (χ2v) is 12.2. The zero-order chi connectivity index (χ0) is 36.8. The van der Waals surface area contributed by atoms with Gasteiger partial charge in [-0.1, -0.05) is 93.1 Å². The fourth-order valence-corrected chi connectivity index (χ4v) is 5.31. The number of rotatable bonds is 18. The smallest absolute Gasteiger partial charge is 0.408 e. The van der Waals surface area contributed by atoms with Gasteiger partial charge in [0.05, 0.1) is 18.9 Å². The number of ether oxygens (including phenoxy) is 1. The molecule has 14 heteroatoms. The van der Waals surface area contributed by atoms with Gasteiger partial charge in [0.15, 0.2) is 0 Å². The van der Waals surface area contributed by atoms with Gasteiger partial charge in [-0.3, -0.25) is 24.0 Å². The van der Waals surface area contributed by atoms with E-state index >= 15 is 0 Å². The highest BCUT2D eigenvalue weighted by molar-refractivity contribution is 6.38. The van der Waals surface area contributed by atoms with Gasteiger partial charge in [-0.15, -0.1) is 0 Å². The molecular formula is C37H43N7O7. The molecular weight excluding hydrogens is 654 g/mol. The minimum atomic E-state index is -1.27. The second-order valence-electron chi connectivity index (χ2n) is 12.2. The molecule has 1 aromatic heterocycles. The number of hydrogen-bond donors (Lipinski definition) is 6. The van der Waals surface area contributed by atoms with Crippen LogP contribution in [0.5, 0.6) is 0 Å². The van der Waals surface area contributed by atoms with E-state index in [1.807, 2.05) is 48.5 Å². The first kappa shape index (κ1) is 37.8. The van der Waals surface area contributed by atoms with Gasteiger partial charge in [0.2, 0.25) is 23.5 Å². The van der Waals surface area contributed by atoms with Crippen molar-refractivity contribution in [2.75, 3.05) is 6.54 Å². The average molecular weight is 698 g/mol. The highest BCUT2D eigenvalue weighted by Crippen LogP contribution is 2.17. The molecule has 0 aliphatic heterocycles. The summed E-state index contributed by atoms with van der Waals surface area (Å²) in [5.74, 6) is -4.77. The fourth-order valence-electron chi connectivity index (χ4n) is 5.31. The van der Waals surface area contributed by atoms with Crippen LogP contribution in [0.1, 0.15) is 43.5 Å². The average Bonchev–Trinajstić information content (AvgIpc) is 3.67. The Labute approximate surface area is 295 Å². The van der Waals surface area contributed by atoms with Crippen LogP contribution in [0.3, 0.4) is 0 Å². The molecule has 1 unspecified atom stereocenters. The SMILES string of the molecule is CC[C@H](C)C(NC(=O)[C@H](CCc1cnc[nH]1)NC(=O)OCc1ccccc1)C(=O)C(=O)NCC(=O)N[C@@H](Cc1ccc2ccccc2c1)C(N)=O. The van der Waals surface area contributed by atoms with Crippen LogP contribution in [0, 0.1) is 5.92 Å². The van der Waals surface area contributed by atoms with Crippen LogP contribution in [0.15, 0.2) is 85.3 Å². The van der Waals surface area contributed by atoms with Crippen LogP contribution in [0.2, 0.25) is 0 Å². The van der Waals surface area contributed by atoms with Crippen LogP contribution < -0.4 is 27.0 Å². The van der Waals surface area contributed by atoms with Crippen molar-refractivity contribution in [3.05, 3.63) is 102 Å². The standard InChI is InChI=1S/C37H43N7O7/c1-3-23(2)32(44-35(48)29(16-15-28-19-39-22-41-28)43-37(50)51-21-24-9-5-4-6-10-24)33(46)36(49)40-20-31(45)42-30(34(38)47)18-25-13-14-26-11-7-8-12-27(26)17-25/h4-14,17,19,22-23,29-30,32H,3,15-16,18,20-21H2,1-2H3,(H2,38,47)(H,39,41)(H,40,49)(H,42,45)(H,43,50)(H,44,48)/t23-,29-,30-,32?/m0/s1. The van der Waals surface area contributed by atoms with Gasteiger partial charge in [0.25, 0.3) is 5.91 Å². The van der Waals surface area contributed by atoms with E-state index in [0.29, 0.717) is 12.8 Å². The Kier molecular flexibility index (Phi) is 13.8. The number of alkyl carbamates (subject to hydrolysis) is 1. The number of imidazole rings is 1. The molecule has 0 saturated heterocycles. The fraction of sp³-hybridized carbons (Fsp3) is 0.324. The van der Waals surface area contributed by atoms with Gasteiger partial charge in [-0.25, -0.2) is 9.78 Å². The number of fused-ring (bicyclic) bond motifs is 1. The molecule has 4 atom stereocenters. The summed E-state index contributed by atoms with van der Waals surface area (Å²) in [6, 6.07) is 18.9. The molecule has 0 fully saturated rings. The summed E-state index contributed by atoms with van der Waals surface area (Å²) in [5.41, 5.74) is 7.80. The van der Waals surface area contributed by atoms with Crippen LogP contribution in [-0.4, -0.2) is 70.1 Å². The first-order valence-electron chi connectivity index (χ1n) is 16.7. The Bertz CT molecular complexity index is 1810. The number of amides is 5. The number of hydrogen-bond acceptors (Lipinski definition) is 8. The largest absolute Gasteiger partial charge is 0.445 e. The molecule has 4 aromatic rings. The van der Waals surface area contributed by atoms with Gasteiger partial charge in [-0.2, -0.15) is 0 Å². The highest BCUT2D eigenvalue weighted by Gasteiger charge is 2.34. The molecule has 5 amide bonds. The number of benzene rings is 3. The maximum Gasteiger partial charge on any atom is 0.408 e. The van der Waals surface area contributed by atoms with E-state index in [1.54, 1.807) is 44.3 Å². The molecule has 0 spiro atoms. The molecule has 0 aliphatic rings. The summed E-state index contributed by atoms with van der Waals surface area (Å²) in [4.78, 5) is 84.4. The lowest BCUT2D eigenvalue weighted by Crippen LogP contribution is -2.56. The third kappa shape index (κ3) is 11.5. The number of aromatic nitrogens is 2. The van der Waals surface area contributed by atoms with E-state index in [4.69, 9.17) is 10.5 Å². The van der Waals surface area contributed by atoms with Crippen LogP contribution >= 0.6 is 0 Å². The monoisotopic (exact) mass is 697 g/mol. The molecule has 1 heterocycles. The topological polar surface area (TPSA) is 214 Å². The Morgan fingerprint density at radius 2 is 1.59 bits per heavy atom. The number of ketones is 1. The Morgan fingerprint density at radius 3 is 2.27 bits per heavy atom. The summed E-state index contributed by atoms with van der Waals surface area (Å²) >= 11 is 0. The molecule has 0 aliphatic carbocycles. The minimum absolute atomic E-state index is 0.0209. The molecule has 14 nitrogen and oxygen atoms in total. The summed E-state index contributed by atoms with van der Waals surface area (Å²) in [7, 11) is 0. The van der Waals surface area contributed by atoms with Gasteiger partial charge in [0, 0.05) is 18.3 Å². The molecule has 0 saturated carbocycles. The number of aromatic amines is 1. The van der Waals surface area contributed by atoms with Crippen LogP contribution in [-0.2, 0) is 48.2 Å². The van der Waals surface area contributed by atoms with Crippen molar-refractivity contribution in [2.24, 2.45) is 11.7 Å². The molecule has 4 rings (SSSR count). The number of aryl methyl sites for hydroxylation is 1. The zero-order valence-corrected chi connectivity index (χ0v) is 28.5. The Balaban J connectivity index is 1.35. The Morgan fingerprint density at radius 1 is 0.863 bits per heavy atom. The van der Waals surface area contributed by atoms with Crippen molar-refractivity contribution < 1.29 is 33.5 Å². The van der Waals surface area contributed by atoms with Crippen molar-refractivity contribution >= 4 is 46.3 Å². The lowest BCUT2D eigenvalue weighted by Gasteiger charge is -2.26. The summed E-state index contributed by atoms with van der Waals surface area (Å²) in [6.45, 7) is 2.84. The lowest BCUT2D eigenvalue weighted by molar-refractivity contribution is -0.141. The number of nitrogens with zero attached hydrogens (tertiary/aromatic N) is 1. The quantitative estimate of drug-likeness (QED) is 0.0846. The summed E-state index contributed by atoms with van der Waals surface area (Å²) < 4.78 is 5.30. The predicted octanol–water partition coefficient (Wildman–Crippen LogP) is 2.22. The summed E-state index contributed by atoms with van der Waals surface area (Å²) in [5, 5.41) is 12.0. The molecule has 7 N–H and O–H groups in total. The Hall–Kier alpha value is -6.05. The van der Waals surface area contributed by atoms with Crippen LogP contribution in [0.25, 0.3) is 10.8 Å². The second kappa shape index (κ2) is 18.6. The van der Waals surface area contributed by atoms with E-state index in [0.717, 1.165) is 27.6 Å². The van der Waals surface area contributed by atoms with Gasteiger partial charge in [-0.05, 0) is 40.7 Å². The predicted molar refractivity (Wildman–Crippen MR) is 189 cm³/mol. The highest BCUT2D eigenvalue weighted by atomic mass is 16.5. The minimum Gasteiger partial charge on any atom is -0.445 e. The van der Waals surface area contributed by atoms with Crippen molar-refractivity contribution in [3.63, 3.8) is 0 Å². The zero-order valence-electron chi connectivity index (χ0n) is 28.5. The number of primary amides is 1. The lowest BCUT2D eigenvalue weighted by atomic mass is 9.94. The van der Waals surface area contributed by atoms with E-state index in [9.17, 15) is 28.8 Å². The maximum absolute atomic E-state index is 13.5. The third-order valence-corrected chi connectivity index (χ3v) is 8.44. The van der Waals surface area contributed by atoms with Crippen molar-refractivity contribution in [3.8, 4) is 0 Å². The van der Waals surface area contributed by atoms with E-state index in [2.05, 4.69) is 31.2 Å². The van der Waals surface area contributed by atoms with Crippen molar-refractivity contribution in [1.29, 1.82) is 0 Å². The van der Waals surface area contributed by atoms with Crippen molar-refractivity contribution in [1.82, 2.24) is 31.2 Å². The number of carbonyl (C=O) groups is 6. The van der Waals surface area contributed by atoms with Crippen molar-refractivity contribution in [2.45, 2.75) is 64.3 Å². The first-order valence-corrected chi connectivity index (χ1v) is 16.7. The molecule has 268 valence electrons. The van der Waals surface area contributed by atoms with E-state index < -0.39 is 66.1 Å². The molecule has 0 radical (unpaired) electrons. The third-order valence-electron chi connectivity index (χ3n) is 8.44. The number of H-pyrrole nitrogens is 1. The number of carbonyl (C=O) groups excluding carboxylic acids is 6. The van der Waals surface area contributed by atoms with E-state index in [-0.39, 0.29) is 19.4 Å². The van der Waals surface area contributed by atoms with Gasteiger partial charge in [0.1, 0.15) is 18.7 Å². The van der Waals surface area contributed by atoms with Crippen LogP contribution in [0.4, 0.5) is 4.79 Å². The molecule has 3 aromatic carbocycles. The number of nitrogens with one attached hydrogen (secondary N) is 5. The normalized spacial score (nSPS) is 13.2. The molecule has 51 heavy (non-hydrogen) atoms. The first-order chi connectivity index (χ1) is 24.5. The number of Topliss-reactive ketones (excluding diaryl/α,β-unsaturated/α-hetero) is 1. The van der Waals surface area contributed by atoms with Gasteiger partial charge >= 0.3 is 6.09 Å². The summed E-state index contributed by atoms with van der Waals surface area (Å²) in [6.07, 6.45) is 3.24. The van der Waals surface area contributed by atoms with E-state index in [1.165, 1.54) is 6.33 Å². The maximum atomic E-state index is 13.5. The molecule has 0 bridgehead atoms. The van der Waals surface area contributed by atoms with Gasteiger partial charge < -0.3 is 36.7 Å². The number of nitrogens with two attached hydrogens (primary N) is 1.